The van der Waals surface area contributed by atoms with E-state index in [2.05, 4.69) is 0 Å². The zero-order valence-corrected chi connectivity index (χ0v) is 15.7. The molecule has 0 atom stereocenters. The Morgan fingerprint density at radius 3 is 2.38 bits per heavy atom. The molecule has 0 fully saturated rings. The first-order valence-electron chi connectivity index (χ1n) is 8.81. The molecule has 0 radical (unpaired) electrons. The Morgan fingerprint density at radius 2 is 1.85 bits per heavy atom. The summed E-state index contributed by atoms with van der Waals surface area (Å²) in [6, 6.07) is 9.35. The van der Waals surface area contributed by atoms with Gasteiger partial charge in [0.25, 0.3) is 11.8 Å². The maximum Gasteiger partial charge on any atom is 0.271 e. The summed E-state index contributed by atoms with van der Waals surface area (Å²) in [5.74, 6) is 0.0266. The number of nitriles is 1. The molecule has 26 heavy (non-hydrogen) atoms. The zero-order chi connectivity index (χ0) is 19.3. The van der Waals surface area contributed by atoms with Gasteiger partial charge in [-0.05, 0) is 48.6 Å². The zero-order valence-electron chi connectivity index (χ0n) is 15.7. The van der Waals surface area contributed by atoms with Gasteiger partial charge in [0.05, 0.1) is 6.61 Å². The summed E-state index contributed by atoms with van der Waals surface area (Å²) in [6.45, 7) is 8.48. The molecule has 2 amide bonds. The number of rotatable bonds is 6. The van der Waals surface area contributed by atoms with Crippen molar-refractivity contribution in [2.45, 2.75) is 34.1 Å². The highest BCUT2D eigenvalue weighted by Gasteiger charge is 2.35. The summed E-state index contributed by atoms with van der Waals surface area (Å²) in [5.41, 5.74) is 1.64. The number of carbonyl (C=O) groups excluding carboxylic acids is 2. The fourth-order valence-corrected chi connectivity index (χ4v) is 2.71. The van der Waals surface area contributed by atoms with Crippen LogP contribution in [0.1, 0.15) is 39.7 Å². The molecule has 5 heteroatoms. The Balaban J connectivity index is 2.40. The summed E-state index contributed by atoms with van der Waals surface area (Å²) in [5, 5.41) is 9.36. The van der Waals surface area contributed by atoms with Gasteiger partial charge in [0.1, 0.15) is 17.4 Å². The molecule has 0 spiro atoms. The molecule has 0 bridgehead atoms. The molecule has 0 unspecified atom stereocenters. The lowest BCUT2D eigenvalue weighted by atomic mass is 9.93. The Labute approximate surface area is 154 Å². The highest BCUT2D eigenvalue weighted by atomic mass is 16.5. The van der Waals surface area contributed by atoms with Gasteiger partial charge < -0.3 is 4.74 Å². The van der Waals surface area contributed by atoms with Gasteiger partial charge in [0, 0.05) is 12.1 Å². The van der Waals surface area contributed by atoms with Gasteiger partial charge in [0.15, 0.2) is 0 Å². The molecule has 1 aliphatic rings. The van der Waals surface area contributed by atoms with Crippen LogP contribution in [0.4, 0.5) is 0 Å². The van der Waals surface area contributed by atoms with Gasteiger partial charge >= 0.3 is 0 Å². The first kappa shape index (κ1) is 19.5. The third kappa shape index (κ3) is 4.20. The molecule has 1 heterocycles. The topological polar surface area (TPSA) is 70.4 Å². The molecule has 136 valence electrons. The van der Waals surface area contributed by atoms with Gasteiger partial charge in [-0.25, -0.2) is 0 Å². The molecule has 0 aliphatic carbocycles. The van der Waals surface area contributed by atoms with Crippen molar-refractivity contribution in [1.29, 1.82) is 5.26 Å². The monoisotopic (exact) mass is 352 g/mol. The van der Waals surface area contributed by atoms with Crippen molar-refractivity contribution in [2.75, 3.05) is 13.2 Å². The molecular weight excluding hydrogens is 328 g/mol. The fraction of sp³-hybridized carbons (Fsp3) is 0.381. The lowest BCUT2D eigenvalue weighted by molar-refractivity contribution is -0.141. The quantitative estimate of drug-likeness (QED) is 0.578. The van der Waals surface area contributed by atoms with E-state index in [9.17, 15) is 14.9 Å². The summed E-state index contributed by atoms with van der Waals surface area (Å²) in [7, 11) is 0. The number of carbonyl (C=O) groups is 2. The van der Waals surface area contributed by atoms with Crippen LogP contribution in [-0.2, 0) is 9.59 Å². The van der Waals surface area contributed by atoms with E-state index in [0.717, 1.165) is 17.7 Å². The highest BCUT2D eigenvalue weighted by molar-refractivity contribution is 6.19. The van der Waals surface area contributed by atoms with Gasteiger partial charge in [-0.2, -0.15) is 5.26 Å². The van der Waals surface area contributed by atoms with E-state index in [-0.39, 0.29) is 23.9 Å². The standard InChI is InChI=1S/C21H24N2O3/c1-5-10-26-17-8-6-16(7-9-17)11-18-15(4)19(12-22)21(25)23(20(18)24)13-14(2)3/h6-9,11,14H,5,10,13H2,1-4H3/b18-11+. The number of hydrogen-bond acceptors (Lipinski definition) is 4. The van der Waals surface area contributed by atoms with Crippen molar-refractivity contribution in [1.82, 2.24) is 4.90 Å². The SMILES string of the molecule is CCCOc1ccc(/C=C2/C(=O)N(CC(C)C)C(=O)C(C#N)=C2C)cc1. The first-order valence-corrected chi connectivity index (χ1v) is 8.81. The average molecular weight is 352 g/mol. The van der Waals surface area contributed by atoms with Crippen LogP contribution in [0.5, 0.6) is 5.75 Å². The molecule has 0 N–H and O–H groups in total. The Morgan fingerprint density at radius 1 is 1.19 bits per heavy atom. The minimum Gasteiger partial charge on any atom is -0.494 e. The molecule has 0 aromatic heterocycles. The van der Waals surface area contributed by atoms with Crippen LogP contribution >= 0.6 is 0 Å². The second-order valence-electron chi connectivity index (χ2n) is 6.70. The van der Waals surface area contributed by atoms with E-state index < -0.39 is 5.91 Å². The lowest BCUT2D eigenvalue weighted by Gasteiger charge is -2.28. The van der Waals surface area contributed by atoms with Crippen molar-refractivity contribution in [3.05, 3.63) is 46.5 Å². The van der Waals surface area contributed by atoms with Crippen LogP contribution < -0.4 is 4.74 Å². The Hall–Kier alpha value is -2.87. The van der Waals surface area contributed by atoms with E-state index >= 15 is 0 Å². The molecule has 1 aliphatic heterocycles. The number of ether oxygens (including phenoxy) is 1. The van der Waals surface area contributed by atoms with Gasteiger partial charge in [-0.15, -0.1) is 0 Å². The number of amides is 2. The number of hydrogen-bond donors (Lipinski definition) is 0. The predicted octanol–water partition coefficient (Wildman–Crippen LogP) is 3.72. The van der Waals surface area contributed by atoms with Gasteiger partial charge in [0.2, 0.25) is 0 Å². The smallest absolute Gasteiger partial charge is 0.271 e. The van der Waals surface area contributed by atoms with Crippen LogP contribution in [-0.4, -0.2) is 29.9 Å². The summed E-state index contributed by atoms with van der Waals surface area (Å²) < 4.78 is 5.56. The summed E-state index contributed by atoms with van der Waals surface area (Å²) >= 11 is 0. The summed E-state index contributed by atoms with van der Waals surface area (Å²) in [4.78, 5) is 26.4. The van der Waals surface area contributed by atoms with E-state index in [0.29, 0.717) is 17.8 Å². The van der Waals surface area contributed by atoms with Crippen molar-refractivity contribution >= 4 is 17.9 Å². The average Bonchev–Trinajstić information content (AvgIpc) is 2.62. The van der Waals surface area contributed by atoms with Gasteiger partial charge in [-0.1, -0.05) is 32.9 Å². The second kappa shape index (κ2) is 8.48. The maximum absolute atomic E-state index is 12.8. The molecule has 0 saturated carbocycles. The van der Waals surface area contributed by atoms with E-state index in [1.807, 2.05) is 51.1 Å². The van der Waals surface area contributed by atoms with Gasteiger partial charge in [-0.3, -0.25) is 14.5 Å². The second-order valence-corrected chi connectivity index (χ2v) is 6.70. The number of imide groups is 1. The van der Waals surface area contributed by atoms with Crippen molar-refractivity contribution < 1.29 is 14.3 Å². The van der Waals surface area contributed by atoms with Crippen LogP contribution in [0, 0.1) is 17.2 Å². The molecule has 5 nitrogen and oxygen atoms in total. The van der Waals surface area contributed by atoms with Crippen molar-refractivity contribution in [3.8, 4) is 11.8 Å². The normalized spacial score (nSPS) is 16.5. The van der Waals surface area contributed by atoms with Crippen molar-refractivity contribution in [2.24, 2.45) is 5.92 Å². The number of nitrogens with zero attached hydrogens (tertiary/aromatic N) is 2. The van der Waals surface area contributed by atoms with E-state index in [4.69, 9.17) is 4.74 Å². The minimum atomic E-state index is -0.510. The molecular formula is C21H24N2O3. The van der Waals surface area contributed by atoms with Crippen molar-refractivity contribution in [3.63, 3.8) is 0 Å². The number of benzene rings is 1. The third-order valence-electron chi connectivity index (χ3n) is 4.04. The third-order valence-corrected chi connectivity index (χ3v) is 4.04. The Bertz CT molecular complexity index is 796. The molecule has 1 aromatic rings. The van der Waals surface area contributed by atoms with Crippen LogP contribution in [0.2, 0.25) is 0 Å². The van der Waals surface area contributed by atoms with Crippen LogP contribution in [0.3, 0.4) is 0 Å². The summed E-state index contributed by atoms with van der Waals surface area (Å²) in [6.07, 6.45) is 2.65. The fourth-order valence-electron chi connectivity index (χ4n) is 2.71. The largest absolute Gasteiger partial charge is 0.494 e. The maximum atomic E-state index is 12.8. The molecule has 1 aromatic carbocycles. The van der Waals surface area contributed by atoms with E-state index in [1.54, 1.807) is 13.0 Å². The molecule has 0 saturated heterocycles. The highest BCUT2D eigenvalue weighted by Crippen LogP contribution is 2.28. The predicted molar refractivity (Wildman–Crippen MR) is 100 cm³/mol. The van der Waals surface area contributed by atoms with Crippen LogP contribution in [0.25, 0.3) is 6.08 Å². The first-order chi connectivity index (χ1) is 12.4. The van der Waals surface area contributed by atoms with Crippen LogP contribution in [0.15, 0.2) is 41.0 Å². The minimum absolute atomic E-state index is 0.0272. The molecule has 2 rings (SSSR count). The Kier molecular flexibility index (Phi) is 6.35. The lowest BCUT2D eigenvalue weighted by Crippen LogP contribution is -2.44. The van der Waals surface area contributed by atoms with E-state index in [1.165, 1.54) is 4.90 Å².